The van der Waals surface area contributed by atoms with Gasteiger partial charge in [0.25, 0.3) is 0 Å². The van der Waals surface area contributed by atoms with Crippen LogP contribution < -0.4 is 4.90 Å². The first-order valence-corrected chi connectivity index (χ1v) is 9.02. The summed E-state index contributed by atoms with van der Waals surface area (Å²) in [6, 6.07) is 6.17. The zero-order chi connectivity index (χ0) is 19.6. The predicted octanol–water partition coefficient (Wildman–Crippen LogP) is 3.25. The van der Waals surface area contributed by atoms with Crippen molar-refractivity contribution < 1.29 is 24.0 Å². The highest BCUT2D eigenvalue weighted by atomic mass is 16.6. The third-order valence-corrected chi connectivity index (χ3v) is 4.99. The molecule has 0 saturated heterocycles. The van der Waals surface area contributed by atoms with Crippen LogP contribution in [-0.4, -0.2) is 36.2 Å². The van der Waals surface area contributed by atoms with Gasteiger partial charge in [0, 0.05) is 17.0 Å². The number of carbonyl (C=O) groups excluding carboxylic acids is 2. The second kappa shape index (κ2) is 7.77. The van der Waals surface area contributed by atoms with Crippen LogP contribution in [0.15, 0.2) is 36.0 Å². The summed E-state index contributed by atoms with van der Waals surface area (Å²) in [6.07, 6.45) is 1.45. The molecule has 1 amide bonds. The van der Waals surface area contributed by atoms with Crippen molar-refractivity contribution >= 4 is 17.7 Å². The third kappa shape index (κ3) is 3.51. The van der Waals surface area contributed by atoms with Crippen molar-refractivity contribution in [3.63, 3.8) is 0 Å². The van der Waals surface area contributed by atoms with Gasteiger partial charge >= 0.3 is 12.1 Å². The van der Waals surface area contributed by atoms with Crippen molar-refractivity contribution in [3.8, 4) is 0 Å². The van der Waals surface area contributed by atoms with Crippen molar-refractivity contribution in [3.05, 3.63) is 51.7 Å². The highest BCUT2D eigenvalue weighted by Crippen LogP contribution is 2.51. The van der Waals surface area contributed by atoms with Gasteiger partial charge in [-0.1, -0.05) is 18.2 Å². The lowest BCUT2D eigenvalue weighted by molar-refractivity contribution is -0.531. The summed E-state index contributed by atoms with van der Waals surface area (Å²) in [5.41, 5.74) is 2.04. The summed E-state index contributed by atoms with van der Waals surface area (Å²) < 4.78 is 10.1. The van der Waals surface area contributed by atoms with Crippen LogP contribution in [-0.2, 0) is 14.3 Å². The van der Waals surface area contributed by atoms with E-state index in [4.69, 9.17) is 9.47 Å². The van der Waals surface area contributed by atoms with Gasteiger partial charge in [-0.2, -0.15) is 0 Å². The van der Waals surface area contributed by atoms with E-state index in [1.54, 1.807) is 44.3 Å². The predicted molar refractivity (Wildman–Crippen MR) is 96.9 cm³/mol. The van der Waals surface area contributed by atoms with Crippen LogP contribution in [0.4, 0.5) is 10.5 Å². The SMILES string of the molecule is CCOC(=O)C[C@H]1CC2=CN(C(=O)OCC)c3ccccc3[C@H]2[C@H]1[N+](=O)[O-]. The summed E-state index contributed by atoms with van der Waals surface area (Å²) >= 11 is 0. The maximum absolute atomic E-state index is 12.4. The summed E-state index contributed by atoms with van der Waals surface area (Å²) in [7, 11) is 0. The lowest BCUT2D eigenvalue weighted by atomic mass is 9.86. The second-order valence-electron chi connectivity index (χ2n) is 6.56. The van der Waals surface area contributed by atoms with Gasteiger partial charge < -0.3 is 9.47 Å². The maximum atomic E-state index is 12.4. The van der Waals surface area contributed by atoms with Gasteiger partial charge in [0.2, 0.25) is 6.04 Å². The molecular formula is C19H22N2O6. The first-order valence-electron chi connectivity index (χ1n) is 9.02. The van der Waals surface area contributed by atoms with Crippen LogP contribution in [0, 0.1) is 16.0 Å². The van der Waals surface area contributed by atoms with Crippen molar-refractivity contribution in [2.24, 2.45) is 5.92 Å². The molecular weight excluding hydrogens is 352 g/mol. The number of benzene rings is 1. The van der Waals surface area contributed by atoms with E-state index in [1.807, 2.05) is 0 Å². The number of anilines is 1. The van der Waals surface area contributed by atoms with Crippen molar-refractivity contribution in [2.45, 2.75) is 38.6 Å². The molecule has 1 saturated carbocycles. The molecule has 3 rings (SSSR count). The Hall–Kier alpha value is -2.90. The number of fused-ring (bicyclic) bond motifs is 3. The van der Waals surface area contributed by atoms with E-state index in [0.29, 0.717) is 17.7 Å². The lowest BCUT2D eigenvalue weighted by Crippen LogP contribution is -2.35. The Labute approximate surface area is 156 Å². The molecule has 1 heterocycles. The maximum Gasteiger partial charge on any atom is 0.418 e. The largest absolute Gasteiger partial charge is 0.466 e. The minimum absolute atomic E-state index is 0.0189. The van der Waals surface area contributed by atoms with E-state index in [0.717, 1.165) is 5.57 Å². The number of nitro groups is 1. The van der Waals surface area contributed by atoms with Crippen LogP contribution in [0.25, 0.3) is 0 Å². The van der Waals surface area contributed by atoms with Gasteiger partial charge in [0.1, 0.15) is 0 Å². The smallest absolute Gasteiger partial charge is 0.418 e. The molecule has 144 valence electrons. The van der Waals surface area contributed by atoms with Gasteiger partial charge in [-0.3, -0.25) is 19.8 Å². The van der Waals surface area contributed by atoms with Crippen LogP contribution in [0.2, 0.25) is 0 Å². The first kappa shape index (κ1) is 18.9. The van der Waals surface area contributed by atoms with E-state index in [2.05, 4.69) is 0 Å². The molecule has 1 aliphatic carbocycles. The number of ether oxygens (including phenoxy) is 2. The molecule has 1 aromatic carbocycles. The third-order valence-electron chi connectivity index (χ3n) is 4.99. The fourth-order valence-electron chi connectivity index (χ4n) is 4.03. The molecule has 0 N–H and O–H groups in total. The second-order valence-corrected chi connectivity index (χ2v) is 6.56. The quantitative estimate of drug-likeness (QED) is 0.446. The van der Waals surface area contributed by atoms with Crippen LogP contribution in [0.3, 0.4) is 0 Å². The summed E-state index contributed by atoms with van der Waals surface area (Å²) in [6.45, 7) is 3.89. The minimum atomic E-state index is -0.939. The highest BCUT2D eigenvalue weighted by Gasteiger charge is 2.52. The molecule has 1 fully saturated rings. The number of rotatable bonds is 5. The van der Waals surface area contributed by atoms with Crippen LogP contribution in [0.1, 0.15) is 38.2 Å². The molecule has 1 aliphatic heterocycles. The Morgan fingerprint density at radius 3 is 2.59 bits per heavy atom. The molecule has 0 radical (unpaired) electrons. The summed E-state index contributed by atoms with van der Waals surface area (Å²) in [5.74, 6) is -1.39. The van der Waals surface area contributed by atoms with Crippen LogP contribution >= 0.6 is 0 Å². The molecule has 27 heavy (non-hydrogen) atoms. The monoisotopic (exact) mass is 374 g/mol. The molecule has 8 heteroatoms. The number of para-hydroxylation sites is 1. The fraction of sp³-hybridized carbons (Fsp3) is 0.474. The molecule has 0 spiro atoms. The lowest BCUT2D eigenvalue weighted by Gasteiger charge is -2.30. The van der Waals surface area contributed by atoms with Crippen LogP contribution in [0.5, 0.6) is 0 Å². The number of hydrogen-bond donors (Lipinski definition) is 0. The average molecular weight is 374 g/mol. The Balaban J connectivity index is 2.00. The summed E-state index contributed by atoms with van der Waals surface area (Å²) in [5, 5.41) is 11.9. The Bertz CT molecular complexity index is 790. The van der Waals surface area contributed by atoms with Gasteiger partial charge in [-0.15, -0.1) is 0 Å². The van der Waals surface area contributed by atoms with Crippen molar-refractivity contribution in [2.75, 3.05) is 18.1 Å². The fourth-order valence-corrected chi connectivity index (χ4v) is 4.03. The van der Waals surface area contributed by atoms with E-state index < -0.39 is 29.9 Å². The Morgan fingerprint density at radius 2 is 1.93 bits per heavy atom. The molecule has 2 aliphatic rings. The van der Waals surface area contributed by atoms with E-state index in [1.165, 1.54) is 4.90 Å². The zero-order valence-electron chi connectivity index (χ0n) is 15.3. The Kier molecular flexibility index (Phi) is 5.43. The minimum Gasteiger partial charge on any atom is -0.466 e. The van der Waals surface area contributed by atoms with Crippen molar-refractivity contribution in [1.82, 2.24) is 0 Å². The Morgan fingerprint density at radius 1 is 1.22 bits per heavy atom. The molecule has 1 aromatic rings. The first-order chi connectivity index (χ1) is 13.0. The van der Waals surface area contributed by atoms with E-state index in [9.17, 15) is 19.7 Å². The zero-order valence-corrected chi connectivity index (χ0v) is 15.3. The topological polar surface area (TPSA) is 99.0 Å². The average Bonchev–Trinajstić information content (AvgIpc) is 2.99. The van der Waals surface area contributed by atoms with E-state index >= 15 is 0 Å². The van der Waals surface area contributed by atoms with Gasteiger partial charge in [-0.25, -0.2) is 4.79 Å². The van der Waals surface area contributed by atoms with Gasteiger partial charge in [-0.05, 0) is 37.5 Å². The number of carbonyl (C=O) groups is 2. The molecule has 0 bridgehead atoms. The van der Waals surface area contributed by atoms with E-state index in [-0.39, 0.29) is 24.6 Å². The van der Waals surface area contributed by atoms with Gasteiger partial charge in [0.05, 0.1) is 31.2 Å². The molecule has 0 unspecified atom stereocenters. The number of esters is 1. The number of nitrogens with zero attached hydrogens (tertiary/aromatic N) is 2. The van der Waals surface area contributed by atoms with Crippen molar-refractivity contribution in [1.29, 1.82) is 0 Å². The standard InChI is InChI=1S/C19H22N2O6/c1-3-26-16(22)10-12-9-13-11-20(19(23)27-4-2)15-8-6-5-7-14(15)17(13)18(12)21(24)25/h5-8,11-12,17-18H,3-4,9-10H2,1-2H3/t12-,17+,18+/m1/s1. The normalized spacial score (nSPS) is 23.1. The van der Waals surface area contributed by atoms with Gasteiger partial charge in [0.15, 0.2) is 0 Å². The summed E-state index contributed by atoms with van der Waals surface area (Å²) in [4.78, 5) is 37.2. The highest BCUT2D eigenvalue weighted by molar-refractivity contribution is 5.92. The number of amides is 1. The molecule has 0 aromatic heterocycles. The molecule has 3 atom stereocenters. The number of hydrogen-bond acceptors (Lipinski definition) is 6. The molecule has 8 nitrogen and oxygen atoms in total.